The molecule has 2 amide bonds. The zero-order valence-electron chi connectivity index (χ0n) is 19.6. The Morgan fingerprint density at radius 1 is 1.20 bits per heavy atom. The molecule has 180 valence electrons. The van der Waals surface area contributed by atoms with Gasteiger partial charge in [-0.1, -0.05) is 12.1 Å². The number of tetrazole rings is 1. The van der Waals surface area contributed by atoms with Crippen molar-refractivity contribution in [2.45, 2.75) is 19.9 Å². The largest absolute Gasteiger partial charge is 0.450 e. The predicted octanol–water partition coefficient (Wildman–Crippen LogP) is 2.60. The zero-order chi connectivity index (χ0) is 24.5. The third-order valence-electron chi connectivity index (χ3n) is 5.94. The molecule has 12 heteroatoms. The van der Waals surface area contributed by atoms with Gasteiger partial charge >= 0.3 is 6.09 Å². The molecule has 4 aromatic rings. The molecule has 1 saturated heterocycles. The van der Waals surface area contributed by atoms with Crippen LogP contribution in [-0.4, -0.2) is 73.5 Å². The van der Waals surface area contributed by atoms with Crippen LogP contribution < -0.4 is 10.6 Å². The molecule has 0 radical (unpaired) electrons. The van der Waals surface area contributed by atoms with Crippen molar-refractivity contribution in [2.24, 2.45) is 0 Å². The summed E-state index contributed by atoms with van der Waals surface area (Å²) in [5.74, 6) is 0.170. The van der Waals surface area contributed by atoms with E-state index in [4.69, 9.17) is 4.74 Å². The van der Waals surface area contributed by atoms with Crippen molar-refractivity contribution in [1.29, 1.82) is 0 Å². The maximum Gasteiger partial charge on any atom is 0.409 e. The number of ether oxygens (including phenoxy) is 1. The number of fused-ring (bicyclic) bond motifs is 1. The highest BCUT2D eigenvalue weighted by Crippen LogP contribution is 2.26. The van der Waals surface area contributed by atoms with Crippen LogP contribution in [0.5, 0.6) is 0 Å². The van der Waals surface area contributed by atoms with Crippen molar-refractivity contribution < 1.29 is 14.3 Å². The van der Waals surface area contributed by atoms with E-state index in [1.54, 1.807) is 28.7 Å². The number of carbonyl (C=O) groups is 2. The van der Waals surface area contributed by atoms with Gasteiger partial charge in [-0.15, -0.1) is 10.2 Å². The Balaban J connectivity index is 1.32. The van der Waals surface area contributed by atoms with Crippen LogP contribution in [0.15, 0.2) is 42.7 Å². The minimum absolute atomic E-state index is 0.0524. The van der Waals surface area contributed by atoms with Gasteiger partial charge in [0, 0.05) is 30.2 Å². The first-order valence-corrected chi connectivity index (χ1v) is 11.3. The predicted molar refractivity (Wildman–Crippen MR) is 128 cm³/mol. The van der Waals surface area contributed by atoms with E-state index in [9.17, 15) is 9.59 Å². The molecular formula is C23H25N9O3. The Labute approximate surface area is 200 Å². The summed E-state index contributed by atoms with van der Waals surface area (Å²) in [7, 11) is 1.82. The number of aryl methyl sites for hydroxylation is 1. The number of nitrogens with one attached hydrogen (secondary N) is 2. The van der Waals surface area contributed by atoms with E-state index in [0.29, 0.717) is 42.3 Å². The molecule has 0 spiro atoms. The average molecular weight is 476 g/mol. The van der Waals surface area contributed by atoms with Gasteiger partial charge in [-0.05, 0) is 42.8 Å². The number of pyridine rings is 1. The van der Waals surface area contributed by atoms with Gasteiger partial charge in [0.15, 0.2) is 0 Å². The van der Waals surface area contributed by atoms with Crippen LogP contribution in [0.3, 0.4) is 0 Å². The number of aromatic nitrogens is 6. The molecule has 0 unspecified atom stereocenters. The first-order chi connectivity index (χ1) is 17.0. The molecular weight excluding hydrogens is 450 g/mol. The number of likely N-dealkylation sites (tertiary alicyclic amines) is 1. The Kier molecular flexibility index (Phi) is 5.77. The van der Waals surface area contributed by atoms with Gasteiger partial charge in [0.1, 0.15) is 6.04 Å². The number of amides is 2. The van der Waals surface area contributed by atoms with E-state index in [1.807, 2.05) is 44.3 Å². The van der Waals surface area contributed by atoms with Gasteiger partial charge in [-0.3, -0.25) is 4.79 Å². The minimum atomic E-state index is -0.337. The summed E-state index contributed by atoms with van der Waals surface area (Å²) >= 11 is 0. The summed E-state index contributed by atoms with van der Waals surface area (Å²) in [6.07, 6.45) is 3.01. The number of hydrogen-bond donors (Lipinski definition) is 2. The molecule has 12 nitrogen and oxygen atoms in total. The van der Waals surface area contributed by atoms with Gasteiger partial charge < -0.3 is 20.3 Å². The summed E-state index contributed by atoms with van der Waals surface area (Å²) in [5.41, 5.74) is 4.31. The summed E-state index contributed by atoms with van der Waals surface area (Å²) in [5, 5.41) is 23.1. The molecule has 0 saturated carbocycles. The smallest absolute Gasteiger partial charge is 0.409 e. The lowest BCUT2D eigenvalue weighted by Crippen LogP contribution is -2.51. The Morgan fingerprint density at radius 2 is 2.03 bits per heavy atom. The molecule has 2 N–H and O–H groups in total. The summed E-state index contributed by atoms with van der Waals surface area (Å²) in [6.45, 7) is 4.97. The summed E-state index contributed by atoms with van der Waals surface area (Å²) in [4.78, 5) is 28.0. The van der Waals surface area contributed by atoms with E-state index >= 15 is 0 Å². The fourth-order valence-corrected chi connectivity index (χ4v) is 3.86. The van der Waals surface area contributed by atoms with Crippen LogP contribution in [0.25, 0.3) is 16.9 Å². The highest BCUT2D eigenvalue weighted by atomic mass is 16.6. The standard InChI is InChI=1S/C23H25N9O3/c1-4-35-23(34)30-12-17(13-30)32-28-21(27-29-32)15-6-5-14(2)19(9-15)26-22(33)18-11-25-31-8-7-16(24-3)10-20(18)31/h5-11,17,24H,4,12-13H2,1-3H3,(H,26,33). The van der Waals surface area contributed by atoms with E-state index in [-0.39, 0.29) is 18.0 Å². The highest BCUT2D eigenvalue weighted by molar-refractivity contribution is 6.09. The normalized spacial score (nSPS) is 13.5. The molecule has 1 aliphatic rings. The molecule has 4 heterocycles. The molecule has 0 aliphatic carbocycles. The van der Waals surface area contributed by atoms with Crippen LogP contribution in [0.4, 0.5) is 16.2 Å². The van der Waals surface area contributed by atoms with Crippen LogP contribution in [0, 0.1) is 6.92 Å². The SMILES string of the molecule is CCOC(=O)N1CC(n2nnc(-c3ccc(C)c(NC(=O)c4cnn5ccc(NC)cc45)c3)n2)C1. The van der Waals surface area contributed by atoms with Crippen LogP contribution in [-0.2, 0) is 4.74 Å². The van der Waals surface area contributed by atoms with E-state index < -0.39 is 0 Å². The number of anilines is 2. The number of carbonyl (C=O) groups excluding carboxylic acids is 2. The lowest BCUT2D eigenvalue weighted by Gasteiger charge is -2.36. The third kappa shape index (κ3) is 4.25. The lowest BCUT2D eigenvalue weighted by atomic mass is 10.1. The van der Waals surface area contributed by atoms with E-state index in [0.717, 1.165) is 16.8 Å². The van der Waals surface area contributed by atoms with Crippen LogP contribution in [0.1, 0.15) is 28.9 Å². The fourth-order valence-electron chi connectivity index (χ4n) is 3.86. The number of hydrogen-bond acceptors (Lipinski definition) is 8. The number of rotatable bonds is 6. The highest BCUT2D eigenvalue weighted by Gasteiger charge is 2.34. The first kappa shape index (κ1) is 22.3. The molecule has 1 aromatic carbocycles. The monoisotopic (exact) mass is 475 g/mol. The average Bonchev–Trinajstić information content (AvgIpc) is 3.47. The Bertz CT molecular complexity index is 1400. The zero-order valence-corrected chi connectivity index (χ0v) is 19.6. The van der Waals surface area contributed by atoms with Gasteiger partial charge in [0.2, 0.25) is 5.82 Å². The maximum atomic E-state index is 13.1. The molecule has 1 fully saturated rings. The lowest BCUT2D eigenvalue weighted by molar-refractivity contribution is 0.0523. The third-order valence-corrected chi connectivity index (χ3v) is 5.94. The van der Waals surface area contributed by atoms with Crippen molar-refractivity contribution in [1.82, 2.24) is 34.7 Å². The molecule has 5 rings (SSSR count). The molecule has 0 atom stereocenters. The molecule has 1 aliphatic heterocycles. The van der Waals surface area contributed by atoms with Crippen molar-refractivity contribution in [3.63, 3.8) is 0 Å². The van der Waals surface area contributed by atoms with Gasteiger partial charge in [0.25, 0.3) is 5.91 Å². The summed E-state index contributed by atoms with van der Waals surface area (Å²) in [6, 6.07) is 9.30. The Hall–Kier alpha value is -4.48. The number of benzene rings is 1. The fraction of sp³-hybridized carbons (Fsp3) is 0.304. The molecule has 3 aromatic heterocycles. The minimum Gasteiger partial charge on any atom is -0.450 e. The van der Waals surface area contributed by atoms with Crippen molar-refractivity contribution in [3.05, 3.63) is 53.9 Å². The van der Waals surface area contributed by atoms with E-state index in [2.05, 4.69) is 31.1 Å². The molecule has 0 bridgehead atoms. The summed E-state index contributed by atoms with van der Waals surface area (Å²) < 4.78 is 6.66. The number of nitrogens with zero attached hydrogens (tertiary/aromatic N) is 7. The van der Waals surface area contributed by atoms with Crippen molar-refractivity contribution in [3.8, 4) is 11.4 Å². The maximum absolute atomic E-state index is 13.1. The van der Waals surface area contributed by atoms with Crippen molar-refractivity contribution in [2.75, 3.05) is 37.4 Å². The van der Waals surface area contributed by atoms with E-state index in [1.165, 1.54) is 4.80 Å². The Morgan fingerprint density at radius 3 is 2.80 bits per heavy atom. The van der Waals surface area contributed by atoms with Crippen molar-refractivity contribution >= 4 is 28.9 Å². The van der Waals surface area contributed by atoms with Crippen LogP contribution in [0.2, 0.25) is 0 Å². The second kappa shape index (κ2) is 9.05. The molecule has 35 heavy (non-hydrogen) atoms. The quantitative estimate of drug-likeness (QED) is 0.435. The second-order valence-corrected chi connectivity index (χ2v) is 8.23. The van der Waals surface area contributed by atoms with Gasteiger partial charge in [-0.25, -0.2) is 9.31 Å². The van der Waals surface area contributed by atoms with Gasteiger partial charge in [-0.2, -0.15) is 9.90 Å². The topological polar surface area (TPSA) is 132 Å². The van der Waals surface area contributed by atoms with Gasteiger partial charge in [0.05, 0.1) is 37.0 Å². The van der Waals surface area contributed by atoms with Crippen LogP contribution >= 0.6 is 0 Å². The second-order valence-electron chi connectivity index (χ2n) is 8.23. The first-order valence-electron chi connectivity index (χ1n) is 11.3.